The minimum atomic E-state index is -1.46. The van der Waals surface area contributed by atoms with E-state index in [2.05, 4.69) is 10.6 Å². The van der Waals surface area contributed by atoms with Crippen molar-refractivity contribution in [2.75, 3.05) is 0 Å². The highest BCUT2D eigenvalue weighted by Gasteiger charge is 2.34. The van der Waals surface area contributed by atoms with Gasteiger partial charge in [0.25, 0.3) is 11.8 Å². The van der Waals surface area contributed by atoms with Crippen molar-refractivity contribution < 1.29 is 30.0 Å². The molecule has 0 spiro atoms. The maximum Gasteiger partial charge on any atom is 0.251 e. The summed E-state index contributed by atoms with van der Waals surface area (Å²) in [6, 6.07) is 28.1. The number of carbonyl (C=O) groups is 2. The van der Waals surface area contributed by atoms with Crippen molar-refractivity contribution in [2.24, 2.45) is 0 Å². The fourth-order valence-corrected chi connectivity index (χ4v) is 4.46. The van der Waals surface area contributed by atoms with Crippen molar-refractivity contribution in [1.29, 1.82) is 0 Å². The van der Waals surface area contributed by atoms with Gasteiger partial charge in [-0.25, -0.2) is 0 Å². The maximum atomic E-state index is 13.1. The largest absolute Gasteiger partial charge is 0.508 e. The summed E-state index contributed by atoms with van der Waals surface area (Å²) in [5.74, 6) is -0.943. The van der Waals surface area contributed by atoms with Gasteiger partial charge in [0.1, 0.15) is 23.7 Å². The van der Waals surface area contributed by atoms with Crippen molar-refractivity contribution in [3.05, 3.63) is 131 Å². The summed E-state index contributed by atoms with van der Waals surface area (Å²) in [4.78, 5) is 26.1. The number of amides is 2. The number of aromatic hydroxyl groups is 2. The third kappa shape index (κ3) is 7.69. The molecule has 2 amide bonds. The molecule has 4 aromatic carbocycles. The maximum absolute atomic E-state index is 13.1. The van der Waals surface area contributed by atoms with Crippen LogP contribution in [0.3, 0.4) is 0 Å². The molecule has 0 bridgehead atoms. The smallest absolute Gasteiger partial charge is 0.251 e. The van der Waals surface area contributed by atoms with Crippen molar-refractivity contribution in [2.45, 2.75) is 37.1 Å². The summed E-state index contributed by atoms with van der Waals surface area (Å²) in [5.41, 5.74) is 2.22. The Morgan fingerprint density at radius 2 is 0.850 bits per heavy atom. The number of hydrogen-bond acceptors (Lipinski definition) is 6. The second kappa shape index (κ2) is 13.4. The van der Waals surface area contributed by atoms with Gasteiger partial charge in [0.05, 0.1) is 12.1 Å². The zero-order valence-corrected chi connectivity index (χ0v) is 21.7. The molecule has 0 radical (unpaired) electrons. The molecule has 206 valence electrons. The molecule has 8 heteroatoms. The Bertz CT molecular complexity index is 1270. The standard InChI is InChI=1S/C32H32N2O6/c35-25-15-11-23(12-16-25)31(39)33-27(19-21-7-3-1-4-8-21)29(37)30(38)28(20-22-9-5-2-6-10-22)34-32(40)24-13-17-26(36)18-14-24/h1-18,27-30,35-38H,19-20H2,(H,33,39)(H,34,40). The Morgan fingerprint density at radius 1 is 0.525 bits per heavy atom. The van der Waals surface area contributed by atoms with Crippen LogP contribution in [0, 0.1) is 0 Å². The summed E-state index contributed by atoms with van der Waals surface area (Å²) < 4.78 is 0. The van der Waals surface area contributed by atoms with E-state index in [1.807, 2.05) is 60.7 Å². The van der Waals surface area contributed by atoms with Gasteiger partial charge in [0.2, 0.25) is 0 Å². The van der Waals surface area contributed by atoms with Crippen LogP contribution in [0.25, 0.3) is 0 Å². The van der Waals surface area contributed by atoms with Crippen LogP contribution < -0.4 is 10.6 Å². The zero-order valence-electron chi connectivity index (χ0n) is 21.7. The van der Waals surface area contributed by atoms with Gasteiger partial charge in [-0.3, -0.25) is 9.59 Å². The average molecular weight is 541 g/mol. The Hall–Kier alpha value is -4.66. The Kier molecular flexibility index (Phi) is 9.51. The van der Waals surface area contributed by atoms with E-state index in [0.717, 1.165) is 11.1 Å². The molecule has 0 saturated carbocycles. The number of rotatable bonds is 11. The van der Waals surface area contributed by atoms with E-state index in [0.29, 0.717) is 0 Å². The van der Waals surface area contributed by atoms with Crippen LogP contribution in [-0.2, 0) is 12.8 Å². The van der Waals surface area contributed by atoms with E-state index < -0.39 is 36.1 Å². The number of aliphatic hydroxyl groups excluding tert-OH is 2. The molecule has 4 atom stereocenters. The number of phenolic OH excluding ortho intramolecular Hbond substituents is 2. The normalized spacial score (nSPS) is 13.9. The molecule has 0 heterocycles. The number of benzene rings is 4. The first-order valence-corrected chi connectivity index (χ1v) is 12.9. The molecule has 0 aromatic heterocycles. The Labute approximate surface area is 232 Å². The van der Waals surface area contributed by atoms with Gasteiger partial charge in [0.15, 0.2) is 0 Å². The quantitative estimate of drug-likeness (QED) is 0.173. The molecule has 8 nitrogen and oxygen atoms in total. The van der Waals surface area contributed by atoms with Gasteiger partial charge in [-0.1, -0.05) is 60.7 Å². The monoisotopic (exact) mass is 540 g/mol. The lowest BCUT2D eigenvalue weighted by atomic mass is 9.90. The number of carbonyl (C=O) groups excluding carboxylic acids is 2. The lowest BCUT2D eigenvalue weighted by molar-refractivity contribution is -0.0219. The van der Waals surface area contributed by atoms with Crippen molar-refractivity contribution in [3.63, 3.8) is 0 Å². The van der Waals surface area contributed by atoms with Crippen LogP contribution >= 0.6 is 0 Å². The summed E-state index contributed by atoms with van der Waals surface area (Å²) >= 11 is 0. The van der Waals surface area contributed by atoms with E-state index >= 15 is 0 Å². The van der Waals surface area contributed by atoms with Crippen LogP contribution in [0.15, 0.2) is 109 Å². The second-order valence-corrected chi connectivity index (χ2v) is 9.61. The van der Waals surface area contributed by atoms with Crippen LogP contribution in [0.4, 0.5) is 0 Å². The third-order valence-electron chi connectivity index (χ3n) is 6.66. The number of aliphatic hydroxyl groups is 2. The Morgan fingerprint density at radius 3 is 1.18 bits per heavy atom. The first-order valence-electron chi connectivity index (χ1n) is 12.9. The molecule has 40 heavy (non-hydrogen) atoms. The minimum Gasteiger partial charge on any atom is -0.508 e. The van der Waals surface area contributed by atoms with Crippen molar-refractivity contribution in [3.8, 4) is 11.5 Å². The molecule has 6 N–H and O–H groups in total. The summed E-state index contributed by atoms with van der Waals surface area (Å²) in [5, 5.41) is 47.7. The number of hydrogen-bond donors (Lipinski definition) is 6. The van der Waals surface area contributed by atoms with Gasteiger partial charge in [-0.15, -0.1) is 0 Å². The van der Waals surface area contributed by atoms with Gasteiger partial charge >= 0.3 is 0 Å². The molecule has 4 aromatic rings. The predicted octanol–water partition coefficient (Wildman–Crippen LogP) is 3.20. The highest BCUT2D eigenvalue weighted by molar-refractivity contribution is 5.95. The van der Waals surface area contributed by atoms with Gasteiger partial charge < -0.3 is 31.1 Å². The van der Waals surface area contributed by atoms with Crippen LogP contribution in [0.5, 0.6) is 11.5 Å². The molecular weight excluding hydrogens is 508 g/mol. The van der Waals surface area contributed by atoms with Gasteiger partial charge in [-0.05, 0) is 72.5 Å². The summed E-state index contributed by atoms with van der Waals surface area (Å²) in [7, 11) is 0. The van der Waals surface area contributed by atoms with E-state index in [1.165, 1.54) is 48.5 Å². The second-order valence-electron chi connectivity index (χ2n) is 9.61. The van der Waals surface area contributed by atoms with Crippen LogP contribution in [-0.4, -0.2) is 56.5 Å². The number of phenols is 2. The first kappa shape index (κ1) is 28.4. The molecular formula is C32H32N2O6. The van der Waals surface area contributed by atoms with E-state index in [9.17, 15) is 30.0 Å². The molecule has 0 aliphatic carbocycles. The highest BCUT2D eigenvalue weighted by atomic mass is 16.3. The van der Waals surface area contributed by atoms with Gasteiger partial charge in [-0.2, -0.15) is 0 Å². The highest BCUT2D eigenvalue weighted by Crippen LogP contribution is 2.17. The van der Waals surface area contributed by atoms with Crippen molar-refractivity contribution in [1.82, 2.24) is 10.6 Å². The topological polar surface area (TPSA) is 139 Å². The molecule has 0 aliphatic rings. The third-order valence-corrected chi connectivity index (χ3v) is 6.66. The average Bonchev–Trinajstić information content (AvgIpc) is 2.97. The molecule has 0 saturated heterocycles. The molecule has 0 fully saturated rings. The molecule has 0 aliphatic heterocycles. The number of nitrogens with one attached hydrogen (secondary N) is 2. The summed E-state index contributed by atoms with van der Waals surface area (Å²) in [6.07, 6.45) is -2.50. The first-order chi connectivity index (χ1) is 19.3. The summed E-state index contributed by atoms with van der Waals surface area (Å²) in [6.45, 7) is 0. The molecule has 4 unspecified atom stereocenters. The lowest BCUT2D eigenvalue weighted by Gasteiger charge is -2.33. The zero-order chi connectivity index (χ0) is 28.5. The SMILES string of the molecule is O=C(NC(Cc1ccccc1)C(O)C(O)C(Cc1ccccc1)NC(=O)c1ccc(O)cc1)c1ccc(O)cc1. The van der Waals surface area contributed by atoms with Crippen LogP contribution in [0.1, 0.15) is 31.8 Å². The minimum absolute atomic E-state index is 0.0148. The fourth-order valence-electron chi connectivity index (χ4n) is 4.46. The Balaban J connectivity index is 1.59. The lowest BCUT2D eigenvalue weighted by Crippen LogP contribution is -2.57. The van der Waals surface area contributed by atoms with E-state index in [1.54, 1.807) is 0 Å². The fraction of sp³-hybridized carbons (Fsp3) is 0.188. The predicted molar refractivity (Wildman–Crippen MR) is 151 cm³/mol. The van der Waals surface area contributed by atoms with E-state index in [4.69, 9.17) is 0 Å². The van der Waals surface area contributed by atoms with E-state index in [-0.39, 0.29) is 35.5 Å². The van der Waals surface area contributed by atoms with Crippen molar-refractivity contribution >= 4 is 11.8 Å². The van der Waals surface area contributed by atoms with Crippen LogP contribution in [0.2, 0.25) is 0 Å². The van der Waals surface area contributed by atoms with Gasteiger partial charge in [0, 0.05) is 11.1 Å². The molecule has 4 rings (SSSR count).